The molecule has 26 heavy (non-hydrogen) atoms. The molecule has 8 heteroatoms. The monoisotopic (exact) mass is 353 g/mol. The fourth-order valence-electron chi connectivity index (χ4n) is 2.83. The molecule has 132 valence electrons. The Labute approximate surface area is 146 Å². The third-order valence-electron chi connectivity index (χ3n) is 4.07. The van der Waals surface area contributed by atoms with Gasteiger partial charge in [-0.05, 0) is 37.1 Å². The largest absolute Gasteiger partial charge is 0.461 e. The number of furan rings is 1. The highest BCUT2D eigenvalue weighted by atomic mass is 16.5. The Balaban J connectivity index is 1.49. The quantitative estimate of drug-likeness (QED) is 0.543. The number of rotatable bonds is 5. The lowest BCUT2D eigenvalue weighted by Crippen LogP contribution is -2.21. The van der Waals surface area contributed by atoms with E-state index < -0.39 is 5.63 Å². The maximum absolute atomic E-state index is 12.6. The van der Waals surface area contributed by atoms with Gasteiger partial charge in [0.05, 0.1) is 11.6 Å². The minimum atomic E-state index is -0.462. The molecule has 0 aliphatic carbocycles. The third kappa shape index (κ3) is 2.97. The number of fused-ring (bicyclic) bond motifs is 1. The van der Waals surface area contributed by atoms with Crippen LogP contribution < -0.4 is 11.2 Å². The Bertz CT molecular complexity index is 1170. The van der Waals surface area contributed by atoms with Crippen LogP contribution in [-0.2, 0) is 13.0 Å². The molecule has 0 aromatic carbocycles. The molecule has 4 aromatic heterocycles. The van der Waals surface area contributed by atoms with Gasteiger partial charge in [-0.25, -0.2) is 4.79 Å². The number of aromatic nitrogens is 3. The summed E-state index contributed by atoms with van der Waals surface area (Å²) >= 11 is 0. The van der Waals surface area contributed by atoms with E-state index in [1.54, 1.807) is 42.1 Å². The molecule has 0 saturated carbocycles. The van der Waals surface area contributed by atoms with Crippen LogP contribution in [0.15, 0.2) is 59.7 Å². The predicted molar refractivity (Wildman–Crippen MR) is 91.8 cm³/mol. The summed E-state index contributed by atoms with van der Waals surface area (Å²) in [4.78, 5) is 28.3. The minimum absolute atomic E-state index is 0.189. The average molecular weight is 353 g/mol. The van der Waals surface area contributed by atoms with Crippen LogP contribution in [0.4, 0.5) is 0 Å². The first-order chi connectivity index (χ1) is 12.6. The van der Waals surface area contributed by atoms with Gasteiger partial charge in [0.1, 0.15) is 5.58 Å². The Kier molecular flexibility index (Phi) is 4.00. The number of hydrogen-bond donors (Lipinski definition) is 0. The molecule has 0 bridgehead atoms. The van der Waals surface area contributed by atoms with Crippen molar-refractivity contribution in [1.82, 2.24) is 14.7 Å². The minimum Gasteiger partial charge on any atom is -0.461 e. The highest BCUT2D eigenvalue weighted by Gasteiger charge is 2.12. The van der Waals surface area contributed by atoms with Gasteiger partial charge in [-0.15, -0.1) is 0 Å². The van der Waals surface area contributed by atoms with Crippen LogP contribution in [-0.4, -0.2) is 14.7 Å². The molecule has 0 aliphatic heterocycles. The van der Waals surface area contributed by atoms with E-state index in [0.717, 1.165) is 0 Å². The summed E-state index contributed by atoms with van der Waals surface area (Å²) in [6, 6.07) is 6.46. The van der Waals surface area contributed by atoms with Crippen molar-refractivity contribution in [2.75, 3.05) is 0 Å². The average Bonchev–Trinajstić information content (AvgIpc) is 3.27. The van der Waals surface area contributed by atoms with Gasteiger partial charge in [0.2, 0.25) is 11.7 Å². The fraction of sp³-hybridized carbons (Fsp3) is 0.222. The zero-order valence-electron chi connectivity index (χ0n) is 14.0. The lowest BCUT2D eigenvalue weighted by atomic mass is 10.2. The Morgan fingerprint density at radius 2 is 2.12 bits per heavy atom. The molecule has 0 saturated heterocycles. The molecule has 0 radical (unpaired) electrons. The highest BCUT2D eigenvalue weighted by Crippen LogP contribution is 2.16. The van der Waals surface area contributed by atoms with Crippen LogP contribution in [0, 0.1) is 6.92 Å². The molecular formula is C18H15N3O5. The summed E-state index contributed by atoms with van der Waals surface area (Å²) in [5, 5.41) is 4.29. The van der Waals surface area contributed by atoms with Gasteiger partial charge < -0.3 is 17.9 Å². The van der Waals surface area contributed by atoms with Crippen molar-refractivity contribution in [3.05, 3.63) is 69.0 Å². The first-order valence-corrected chi connectivity index (χ1v) is 8.12. The molecule has 0 spiro atoms. The molecule has 4 heterocycles. The van der Waals surface area contributed by atoms with Crippen LogP contribution in [0.25, 0.3) is 22.6 Å². The number of aryl methyl sites for hydroxylation is 3. The van der Waals surface area contributed by atoms with E-state index >= 15 is 0 Å². The van der Waals surface area contributed by atoms with Crippen LogP contribution in [0.3, 0.4) is 0 Å². The SMILES string of the molecule is Cc1cc(=O)oc2ccn(CCCc3nc(-c4ccco4)no3)c(=O)c12. The van der Waals surface area contributed by atoms with Gasteiger partial charge in [0.15, 0.2) is 5.76 Å². The second kappa shape index (κ2) is 6.47. The second-order valence-electron chi connectivity index (χ2n) is 5.89. The molecule has 0 atom stereocenters. The van der Waals surface area contributed by atoms with Crippen molar-refractivity contribution in [2.45, 2.75) is 26.3 Å². The van der Waals surface area contributed by atoms with E-state index in [1.165, 1.54) is 6.07 Å². The summed E-state index contributed by atoms with van der Waals surface area (Å²) in [7, 11) is 0. The van der Waals surface area contributed by atoms with Gasteiger partial charge in [0, 0.05) is 25.2 Å². The molecule has 0 N–H and O–H groups in total. The number of nitrogens with zero attached hydrogens (tertiary/aromatic N) is 3. The van der Waals surface area contributed by atoms with Crippen molar-refractivity contribution >= 4 is 11.0 Å². The van der Waals surface area contributed by atoms with Crippen molar-refractivity contribution in [3.63, 3.8) is 0 Å². The van der Waals surface area contributed by atoms with E-state index in [0.29, 0.717) is 53.4 Å². The van der Waals surface area contributed by atoms with Crippen molar-refractivity contribution in [1.29, 1.82) is 0 Å². The van der Waals surface area contributed by atoms with Crippen molar-refractivity contribution in [3.8, 4) is 11.6 Å². The highest BCUT2D eigenvalue weighted by molar-refractivity contribution is 5.78. The zero-order chi connectivity index (χ0) is 18.1. The Hall–Kier alpha value is -3.42. The lowest BCUT2D eigenvalue weighted by molar-refractivity contribution is 0.371. The Morgan fingerprint density at radius 1 is 1.23 bits per heavy atom. The van der Waals surface area contributed by atoms with Crippen LogP contribution in [0.2, 0.25) is 0 Å². The predicted octanol–water partition coefficient (Wildman–Crippen LogP) is 2.54. The zero-order valence-corrected chi connectivity index (χ0v) is 14.0. The molecule has 8 nitrogen and oxygen atoms in total. The van der Waals surface area contributed by atoms with Gasteiger partial charge in [0.25, 0.3) is 5.56 Å². The van der Waals surface area contributed by atoms with E-state index in [-0.39, 0.29) is 5.56 Å². The van der Waals surface area contributed by atoms with E-state index in [9.17, 15) is 9.59 Å². The molecule has 4 rings (SSSR count). The molecular weight excluding hydrogens is 338 g/mol. The van der Waals surface area contributed by atoms with Gasteiger partial charge in [-0.1, -0.05) is 5.16 Å². The summed E-state index contributed by atoms with van der Waals surface area (Å²) < 4.78 is 17.1. The topological polar surface area (TPSA) is 104 Å². The maximum atomic E-state index is 12.6. The van der Waals surface area contributed by atoms with Gasteiger partial charge >= 0.3 is 5.63 Å². The standard InChI is InChI=1S/C18H15N3O5/c1-11-10-15(22)25-12-6-8-21(18(23)16(11)12)7-2-5-14-19-17(20-26-14)13-4-3-9-24-13/h3-4,6,8-10H,2,5,7H2,1H3. The third-order valence-corrected chi connectivity index (χ3v) is 4.07. The molecule has 0 amide bonds. The maximum Gasteiger partial charge on any atom is 0.336 e. The molecule has 0 fully saturated rings. The first kappa shape index (κ1) is 16.1. The second-order valence-corrected chi connectivity index (χ2v) is 5.89. The molecule has 0 aliphatic rings. The van der Waals surface area contributed by atoms with Crippen LogP contribution >= 0.6 is 0 Å². The van der Waals surface area contributed by atoms with Crippen molar-refractivity contribution in [2.24, 2.45) is 0 Å². The van der Waals surface area contributed by atoms with Gasteiger partial charge in [-0.3, -0.25) is 4.79 Å². The summed E-state index contributed by atoms with van der Waals surface area (Å²) in [5.41, 5.74) is 0.258. The van der Waals surface area contributed by atoms with Crippen LogP contribution in [0.1, 0.15) is 17.9 Å². The molecule has 4 aromatic rings. The van der Waals surface area contributed by atoms with Gasteiger partial charge in [-0.2, -0.15) is 4.98 Å². The number of hydrogen-bond acceptors (Lipinski definition) is 7. The fourth-order valence-corrected chi connectivity index (χ4v) is 2.83. The smallest absolute Gasteiger partial charge is 0.336 e. The van der Waals surface area contributed by atoms with Crippen LogP contribution in [0.5, 0.6) is 0 Å². The number of pyridine rings is 1. The lowest BCUT2D eigenvalue weighted by Gasteiger charge is -2.06. The summed E-state index contributed by atoms with van der Waals surface area (Å²) in [6.07, 6.45) is 4.33. The summed E-state index contributed by atoms with van der Waals surface area (Å²) in [5.74, 6) is 1.42. The Morgan fingerprint density at radius 3 is 2.92 bits per heavy atom. The van der Waals surface area contributed by atoms with E-state index in [2.05, 4.69) is 10.1 Å². The van der Waals surface area contributed by atoms with E-state index in [1.807, 2.05) is 0 Å². The van der Waals surface area contributed by atoms with E-state index in [4.69, 9.17) is 13.4 Å². The molecule has 0 unspecified atom stereocenters. The van der Waals surface area contributed by atoms with Crippen molar-refractivity contribution < 1.29 is 13.4 Å². The summed E-state index contributed by atoms with van der Waals surface area (Å²) in [6.45, 7) is 2.20. The first-order valence-electron chi connectivity index (χ1n) is 8.12. The normalized spacial score (nSPS) is 11.3.